The van der Waals surface area contributed by atoms with Crippen LogP contribution in [0.3, 0.4) is 0 Å². The zero-order valence-corrected chi connectivity index (χ0v) is 9.87. The van der Waals surface area contributed by atoms with Gasteiger partial charge in [0.25, 0.3) is 5.69 Å². The van der Waals surface area contributed by atoms with Crippen LogP contribution in [-0.2, 0) is 9.59 Å². The molecular formula is C11H12N2O6. The third-order valence-corrected chi connectivity index (χ3v) is 2.06. The number of amides is 1. The number of rotatable bonds is 7. The first kappa shape index (κ1) is 14.4. The zero-order valence-electron chi connectivity index (χ0n) is 9.87. The molecule has 0 saturated heterocycles. The second-order valence-corrected chi connectivity index (χ2v) is 3.52. The number of aliphatic carboxylic acids is 1. The minimum absolute atomic E-state index is 0.00657. The largest absolute Gasteiger partial charge is 0.493 e. The van der Waals surface area contributed by atoms with Gasteiger partial charge in [0.1, 0.15) is 12.3 Å². The van der Waals surface area contributed by atoms with Gasteiger partial charge in [-0.2, -0.15) is 0 Å². The van der Waals surface area contributed by atoms with Gasteiger partial charge in [-0.15, -0.1) is 0 Å². The van der Waals surface area contributed by atoms with Crippen LogP contribution in [0.15, 0.2) is 24.3 Å². The molecule has 0 bridgehead atoms. The number of ether oxygens (including phenoxy) is 1. The van der Waals surface area contributed by atoms with Crippen molar-refractivity contribution in [3.63, 3.8) is 0 Å². The lowest BCUT2D eigenvalue weighted by atomic mass is 10.3. The van der Waals surface area contributed by atoms with Crippen LogP contribution in [0.1, 0.15) is 6.42 Å². The number of hydrogen-bond donors (Lipinski definition) is 2. The highest BCUT2D eigenvalue weighted by atomic mass is 16.6. The average Bonchev–Trinajstić information content (AvgIpc) is 2.36. The number of nitrogens with zero attached hydrogens (tertiary/aromatic N) is 1. The van der Waals surface area contributed by atoms with E-state index in [1.807, 2.05) is 0 Å². The van der Waals surface area contributed by atoms with Crippen molar-refractivity contribution in [1.82, 2.24) is 5.32 Å². The minimum Gasteiger partial charge on any atom is -0.493 e. The van der Waals surface area contributed by atoms with Gasteiger partial charge in [0.2, 0.25) is 5.91 Å². The molecule has 8 nitrogen and oxygen atoms in total. The van der Waals surface area contributed by atoms with E-state index in [4.69, 9.17) is 9.84 Å². The summed E-state index contributed by atoms with van der Waals surface area (Å²) in [4.78, 5) is 31.3. The summed E-state index contributed by atoms with van der Waals surface area (Å²) >= 11 is 0. The lowest BCUT2D eigenvalue weighted by Gasteiger charge is -2.05. The van der Waals surface area contributed by atoms with Gasteiger partial charge >= 0.3 is 5.97 Å². The second-order valence-electron chi connectivity index (χ2n) is 3.52. The van der Waals surface area contributed by atoms with Crippen LogP contribution in [0.4, 0.5) is 5.69 Å². The van der Waals surface area contributed by atoms with Crippen molar-refractivity contribution in [2.24, 2.45) is 0 Å². The number of carboxylic acids is 1. The van der Waals surface area contributed by atoms with Crippen LogP contribution in [0.5, 0.6) is 5.75 Å². The molecule has 0 aliphatic rings. The van der Waals surface area contributed by atoms with Crippen molar-refractivity contribution in [3.8, 4) is 5.75 Å². The number of non-ortho nitro benzene ring substituents is 1. The molecule has 1 aromatic rings. The Hall–Kier alpha value is -2.64. The number of hydrogen-bond acceptors (Lipinski definition) is 5. The first-order valence-electron chi connectivity index (χ1n) is 5.35. The molecule has 0 spiro atoms. The highest BCUT2D eigenvalue weighted by Crippen LogP contribution is 2.18. The normalized spacial score (nSPS) is 9.68. The average molecular weight is 268 g/mol. The summed E-state index contributed by atoms with van der Waals surface area (Å²) in [7, 11) is 0. The number of carbonyl (C=O) groups is 2. The van der Waals surface area contributed by atoms with Gasteiger partial charge in [0, 0.05) is 6.07 Å². The molecule has 0 unspecified atom stereocenters. The van der Waals surface area contributed by atoms with Gasteiger partial charge in [-0.25, -0.2) is 0 Å². The SMILES string of the molecule is O=C(O)CNC(=O)CCOc1cccc([N+](=O)[O-])c1. The molecule has 1 amide bonds. The Bertz CT molecular complexity index is 488. The maximum absolute atomic E-state index is 11.2. The van der Waals surface area contributed by atoms with Crippen LogP contribution in [0, 0.1) is 10.1 Å². The van der Waals surface area contributed by atoms with E-state index in [2.05, 4.69) is 5.32 Å². The Balaban J connectivity index is 2.36. The molecular weight excluding hydrogens is 256 g/mol. The number of carbonyl (C=O) groups excluding carboxylic acids is 1. The lowest BCUT2D eigenvalue weighted by molar-refractivity contribution is -0.384. The van der Waals surface area contributed by atoms with Gasteiger partial charge in [-0.1, -0.05) is 6.07 Å². The number of nitrogens with one attached hydrogen (secondary N) is 1. The molecule has 1 rings (SSSR count). The van der Waals surface area contributed by atoms with Gasteiger partial charge in [0.15, 0.2) is 0 Å². The Labute approximate surface area is 108 Å². The summed E-state index contributed by atoms with van der Waals surface area (Å²) in [5.74, 6) is -1.32. The maximum Gasteiger partial charge on any atom is 0.322 e. The summed E-state index contributed by atoms with van der Waals surface area (Å²) in [6, 6.07) is 5.57. The fourth-order valence-electron chi connectivity index (χ4n) is 1.21. The van der Waals surface area contributed by atoms with Crippen LogP contribution in [-0.4, -0.2) is 35.1 Å². The molecule has 0 atom stereocenters. The highest BCUT2D eigenvalue weighted by molar-refractivity contribution is 5.81. The van der Waals surface area contributed by atoms with Crippen molar-refractivity contribution >= 4 is 17.6 Å². The van der Waals surface area contributed by atoms with Crippen LogP contribution >= 0.6 is 0 Å². The van der Waals surface area contributed by atoms with Crippen molar-refractivity contribution in [3.05, 3.63) is 34.4 Å². The number of carboxylic acid groups (broad SMARTS) is 1. The molecule has 0 aliphatic heterocycles. The Morgan fingerprint density at radius 1 is 1.42 bits per heavy atom. The van der Waals surface area contributed by atoms with Gasteiger partial charge in [0.05, 0.1) is 24.0 Å². The first-order chi connectivity index (χ1) is 8.99. The molecule has 102 valence electrons. The summed E-state index contributed by atoms with van der Waals surface area (Å²) in [6.45, 7) is -0.442. The quantitative estimate of drug-likeness (QED) is 0.551. The zero-order chi connectivity index (χ0) is 14.3. The first-order valence-corrected chi connectivity index (χ1v) is 5.35. The predicted molar refractivity (Wildman–Crippen MR) is 63.9 cm³/mol. The van der Waals surface area contributed by atoms with E-state index in [9.17, 15) is 19.7 Å². The molecule has 0 aliphatic carbocycles. The van der Waals surface area contributed by atoms with E-state index in [1.165, 1.54) is 24.3 Å². The topological polar surface area (TPSA) is 119 Å². The van der Waals surface area contributed by atoms with Crippen LogP contribution in [0.2, 0.25) is 0 Å². The summed E-state index contributed by atoms with van der Waals surface area (Å²) < 4.78 is 5.16. The van der Waals surface area contributed by atoms with Gasteiger partial charge < -0.3 is 15.2 Å². The fraction of sp³-hybridized carbons (Fsp3) is 0.273. The van der Waals surface area contributed by atoms with E-state index in [0.717, 1.165) is 0 Å². The van der Waals surface area contributed by atoms with E-state index in [-0.39, 0.29) is 24.5 Å². The second kappa shape index (κ2) is 6.94. The van der Waals surface area contributed by atoms with E-state index >= 15 is 0 Å². The van der Waals surface area contributed by atoms with Crippen LogP contribution in [0.25, 0.3) is 0 Å². The molecule has 0 heterocycles. The molecule has 2 N–H and O–H groups in total. The molecule has 1 aromatic carbocycles. The molecule has 0 radical (unpaired) electrons. The Morgan fingerprint density at radius 2 is 2.16 bits per heavy atom. The van der Waals surface area contributed by atoms with Gasteiger partial charge in [-0.05, 0) is 6.07 Å². The molecule has 0 aromatic heterocycles. The Kier molecular flexibility index (Phi) is 5.27. The molecule has 0 fully saturated rings. The van der Waals surface area contributed by atoms with E-state index in [0.29, 0.717) is 0 Å². The third-order valence-electron chi connectivity index (χ3n) is 2.06. The molecule has 19 heavy (non-hydrogen) atoms. The maximum atomic E-state index is 11.2. The van der Waals surface area contributed by atoms with Crippen molar-refractivity contribution in [2.45, 2.75) is 6.42 Å². The van der Waals surface area contributed by atoms with Crippen molar-refractivity contribution in [2.75, 3.05) is 13.2 Å². The highest BCUT2D eigenvalue weighted by Gasteiger charge is 2.07. The summed E-state index contributed by atoms with van der Waals surface area (Å²) in [6.07, 6.45) is -0.0318. The van der Waals surface area contributed by atoms with Crippen molar-refractivity contribution < 1.29 is 24.4 Å². The third kappa shape index (κ3) is 5.48. The number of benzene rings is 1. The predicted octanol–water partition coefficient (Wildman–Crippen LogP) is 0.564. The minimum atomic E-state index is -1.13. The Morgan fingerprint density at radius 3 is 2.79 bits per heavy atom. The van der Waals surface area contributed by atoms with E-state index in [1.54, 1.807) is 0 Å². The standard InChI is InChI=1S/C11H12N2O6/c14-10(12-7-11(15)16)4-5-19-9-3-1-2-8(6-9)13(17)18/h1-3,6H,4-5,7H2,(H,12,14)(H,15,16). The van der Waals surface area contributed by atoms with E-state index < -0.39 is 23.3 Å². The summed E-state index contributed by atoms with van der Waals surface area (Å²) in [5.41, 5.74) is -0.104. The number of nitro benzene ring substituents is 1. The molecule has 8 heteroatoms. The fourth-order valence-corrected chi connectivity index (χ4v) is 1.21. The van der Waals surface area contributed by atoms with Crippen LogP contribution < -0.4 is 10.1 Å². The lowest BCUT2D eigenvalue weighted by Crippen LogP contribution is -2.30. The smallest absolute Gasteiger partial charge is 0.322 e. The van der Waals surface area contributed by atoms with Crippen molar-refractivity contribution in [1.29, 1.82) is 0 Å². The summed E-state index contributed by atoms with van der Waals surface area (Å²) in [5, 5.41) is 21.0. The van der Waals surface area contributed by atoms with Gasteiger partial charge in [-0.3, -0.25) is 19.7 Å². The molecule has 0 saturated carbocycles. The number of nitro groups is 1. The monoisotopic (exact) mass is 268 g/mol.